The van der Waals surface area contributed by atoms with Crippen molar-refractivity contribution >= 4 is 38.5 Å². The fourth-order valence-corrected chi connectivity index (χ4v) is 4.65. The van der Waals surface area contributed by atoms with Crippen LogP contribution in [0.15, 0.2) is 24.7 Å². The highest BCUT2D eigenvalue weighted by molar-refractivity contribution is 7.88. The average molecular weight is 439 g/mol. The minimum Gasteiger partial charge on any atom is -0.363 e. The molecule has 0 saturated heterocycles. The number of pyridine rings is 1. The lowest BCUT2D eigenvalue weighted by atomic mass is 9.91. The molecule has 0 aliphatic heterocycles. The van der Waals surface area contributed by atoms with Crippen molar-refractivity contribution in [2.75, 3.05) is 11.6 Å². The van der Waals surface area contributed by atoms with Crippen LogP contribution in [0, 0.1) is 5.82 Å². The summed E-state index contributed by atoms with van der Waals surface area (Å²) in [5, 5.41) is 4.27. The van der Waals surface area contributed by atoms with Gasteiger partial charge in [-0.3, -0.25) is 0 Å². The predicted octanol–water partition coefficient (Wildman–Crippen LogP) is 3.08. The second-order valence-electron chi connectivity index (χ2n) is 7.17. The number of anilines is 1. The zero-order chi connectivity index (χ0) is 20.6. The number of aromatic amines is 1. The minimum atomic E-state index is -3.37. The number of fused-ring (bicyclic) bond motifs is 1. The first-order valence-corrected chi connectivity index (χ1v) is 11.5. The molecule has 1 fully saturated rings. The van der Waals surface area contributed by atoms with Crippen molar-refractivity contribution in [1.82, 2.24) is 24.7 Å². The second-order valence-corrected chi connectivity index (χ2v) is 9.39. The van der Waals surface area contributed by atoms with Crippen LogP contribution in [0.2, 0.25) is 5.02 Å². The summed E-state index contributed by atoms with van der Waals surface area (Å²) in [6, 6.07) is 1.14. The first-order chi connectivity index (χ1) is 13.8. The number of hydrogen-bond acceptors (Lipinski definition) is 6. The van der Waals surface area contributed by atoms with Gasteiger partial charge in [0.15, 0.2) is 17.5 Å². The van der Waals surface area contributed by atoms with E-state index in [2.05, 4.69) is 30.0 Å². The van der Waals surface area contributed by atoms with Crippen molar-refractivity contribution < 1.29 is 12.8 Å². The summed E-state index contributed by atoms with van der Waals surface area (Å²) in [5.74, 6) is -0.257. The normalized spacial score (nSPS) is 20.1. The van der Waals surface area contributed by atoms with Crippen LogP contribution in [-0.4, -0.2) is 46.7 Å². The number of hydrogen-bond donors (Lipinski definition) is 3. The van der Waals surface area contributed by atoms with Gasteiger partial charge in [0.05, 0.1) is 17.5 Å². The summed E-state index contributed by atoms with van der Waals surface area (Å²) in [6.45, 7) is 0. The first kappa shape index (κ1) is 20.0. The van der Waals surface area contributed by atoms with E-state index < -0.39 is 15.8 Å². The van der Waals surface area contributed by atoms with Gasteiger partial charge in [-0.25, -0.2) is 32.5 Å². The van der Waals surface area contributed by atoms with Crippen LogP contribution in [0.25, 0.3) is 22.4 Å². The molecule has 0 amide bonds. The van der Waals surface area contributed by atoms with Gasteiger partial charge in [-0.05, 0) is 18.9 Å². The Morgan fingerprint density at radius 2 is 1.97 bits per heavy atom. The molecular weight excluding hydrogens is 419 g/mol. The maximum Gasteiger partial charge on any atom is 0.209 e. The minimum absolute atomic E-state index is 0.0338. The molecule has 1 saturated carbocycles. The van der Waals surface area contributed by atoms with Crippen LogP contribution in [0.1, 0.15) is 25.7 Å². The molecule has 154 valence electrons. The SMILES string of the molecule is CS(=O)(=O)NC1CCCC[C@H]1Nc1nc(-c2c[nH]c3ncc(Cl)cc23)ncc1F. The third kappa shape index (κ3) is 4.49. The highest BCUT2D eigenvalue weighted by atomic mass is 35.5. The molecule has 29 heavy (non-hydrogen) atoms. The molecule has 0 spiro atoms. The van der Waals surface area contributed by atoms with Crippen molar-refractivity contribution in [3.8, 4) is 11.4 Å². The summed E-state index contributed by atoms with van der Waals surface area (Å²) < 4.78 is 40.4. The molecule has 0 radical (unpaired) electrons. The lowest BCUT2D eigenvalue weighted by molar-refractivity contribution is 0.377. The highest BCUT2D eigenvalue weighted by Crippen LogP contribution is 2.29. The van der Waals surface area contributed by atoms with Gasteiger partial charge in [0.25, 0.3) is 0 Å². The Bertz CT molecular complexity index is 1150. The Morgan fingerprint density at radius 3 is 2.72 bits per heavy atom. The van der Waals surface area contributed by atoms with Gasteiger partial charge in [0, 0.05) is 35.4 Å². The van der Waals surface area contributed by atoms with Gasteiger partial charge in [-0.15, -0.1) is 0 Å². The van der Waals surface area contributed by atoms with Crippen LogP contribution in [0.5, 0.6) is 0 Å². The molecule has 3 heterocycles. The fraction of sp³-hybridized carbons (Fsp3) is 0.389. The van der Waals surface area contributed by atoms with Gasteiger partial charge in [0.2, 0.25) is 10.0 Å². The van der Waals surface area contributed by atoms with Gasteiger partial charge in [-0.1, -0.05) is 24.4 Å². The predicted molar refractivity (Wildman–Crippen MR) is 110 cm³/mol. The average Bonchev–Trinajstić information content (AvgIpc) is 3.07. The maximum atomic E-state index is 14.4. The van der Waals surface area contributed by atoms with Gasteiger partial charge < -0.3 is 10.3 Å². The van der Waals surface area contributed by atoms with E-state index >= 15 is 0 Å². The monoisotopic (exact) mass is 438 g/mol. The molecule has 2 atom stereocenters. The van der Waals surface area contributed by atoms with E-state index in [1.807, 2.05) is 0 Å². The van der Waals surface area contributed by atoms with Crippen LogP contribution < -0.4 is 10.0 Å². The number of H-pyrrole nitrogens is 1. The Hall–Kier alpha value is -2.30. The van der Waals surface area contributed by atoms with Gasteiger partial charge in [0.1, 0.15) is 5.65 Å². The summed E-state index contributed by atoms with van der Waals surface area (Å²) in [6.07, 6.45) is 8.66. The number of halogens is 2. The molecule has 0 aromatic carbocycles. The first-order valence-electron chi connectivity index (χ1n) is 9.19. The van der Waals surface area contributed by atoms with Crippen molar-refractivity contribution in [3.05, 3.63) is 35.5 Å². The Kier molecular flexibility index (Phi) is 5.41. The van der Waals surface area contributed by atoms with E-state index in [0.29, 0.717) is 34.9 Å². The fourth-order valence-electron chi connectivity index (χ4n) is 3.66. The summed E-state index contributed by atoms with van der Waals surface area (Å²) in [4.78, 5) is 15.7. The number of sulfonamides is 1. The number of rotatable bonds is 5. The molecular formula is C18H20ClFN6O2S. The van der Waals surface area contributed by atoms with Crippen LogP contribution >= 0.6 is 11.6 Å². The molecule has 4 rings (SSSR count). The highest BCUT2D eigenvalue weighted by Gasteiger charge is 2.28. The number of nitrogens with zero attached hydrogens (tertiary/aromatic N) is 3. The lowest BCUT2D eigenvalue weighted by Crippen LogP contribution is -2.48. The smallest absolute Gasteiger partial charge is 0.209 e. The molecule has 0 bridgehead atoms. The number of aromatic nitrogens is 4. The Morgan fingerprint density at radius 1 is 1.21 bits per heavy atom. The van der Waals surface area contributed by atoms with Gasteiger partial charge in [-0.2, -0.15) is 0 Å². The number of nitrogens with one attached hydrogen (secondary N) is 3. The Labute approximate surface area is 172 Å². The molecule has 3 aromatic rings. The van der Waals surface area contributed by atoms with Crippen LogP contribution in [0.3, 0.4) is 0 Å². The molecule has 3 aromatic heterocycles. The van der Waals surface area contributed by atoms with E-state index in [1.165, 1.54) is 6.20 Å². The van der Waals surface area contributed by atoms with E-state index in [4.69, 9.17) is 11.6 Å². The summed E-state index contributed by atoms with van der Waals surface area (Å²) >= 11 is 6.04. The summed E-state index contributed by atoms with van der Waals surface area (Å²) in [7, 11) is -3.37. The standard InChI is InChI=1S/C18H20ClFN6O2S/c1-29(27,28)26-15-5-3-2-4-14(15)24-18-13(20)9-23-17(25-18)12-8-22-16-11(12)6-10(19)7-21-16/h6-9,14-15,26H,2-5H2,1H3,(H,21,22)(H,23,24,25)/t14-,15?/m1/s1. The van der Waals surface area contributed by atoms with Crippen LogP contribution in [0.4, 0.5) is 10.2 Å². The van der Waals surface area contributed by atoms with Gasteiger partial charge >= 0.3 is 0 Å². The third-order valence-corrected chi connectivity index (χ3v) is 5.87. The zero-order valence-corrected chi connectivity index (χ0v) is 17.2. The van der Waals surface area contributed by atoms with Crippen molar-refractivity contribution in [2.24, 2.45) is 0 Å². The van der Waals surface area contributed by atoms with Crippen molar-refractivity contribution in [3.63, 3.8) is 0 Å². The topological polar surface area (TPSA) is 113 Å². The maximum absolute atomic E-state index is 14.4. The van der Waals surface area contributed by atoms with Crippen molar-refractivity contribution in [1.29, 1.82) is 0 Å². The van der Waals surface area contributed by atoms with E-state index in [9.17, 15) is 12.8 Å². The van der Waals surface area contributed by atoms with Crippen LogP contribution in [-0.2, 0) is 10.0 Å². The van der Waals surface area contributed by atoms with E-state index in [-0.39, 0.29) is 17.9 Å². The van der Waals surface area contributed by atoms with E-state index in [0.717, 1.165) is 30.7 Å². The third-order valence-electron chi connectivity index (χ3n) is 4.94. The zero-order valence-electron chi connectivity index (χ0n) is 15.6. The molecule has 3 N–H and O–H groups in total. The quantitative estimate of drug-likeness (QED) is 0.564. The largest absolute Gasteiger partial charge is 0.363 e. The molecule has 1 aliphatic rings. The second kappa shape index (κ2) is 7.85. The lowest BCUT2D eigenvalue weighted by Gasteiger charge is -2.32. The molecule has 8 nitrogen and oxygen atoms in total. The van der Waals surface area contributed by atoms with E-state index in [1.54, 1.807) is 12.3 Å². The Balaban J connectivity index is 1.65. The molecule has 11 heteroatoms. The summed E-state index contributed by atoms with van der Waals surface area (Å²) in [5.41, 5.74) is 1.27. The molecule has 1 aliphatic carbocycles. The molecule has 1 unspecified atom stereocenters. The van der Waals surface area contributed by atoms with Crippen molar-refractivity contribution in [2.45, 2.75) is 37.8 Å².